The van der Waals surface area contributed by atoms with Crippen molar-refractivity contribution in [2.45, 2.75) is 0 Å². The molecule has 0 fully saturated rings. The summed E-state index contributed by atoms with van der Waals surface area (Å²) in [4.78, 5) is 11.1. The summed E-state index contributed by atoms with van der Waals surface area (Å²) in [6.45, 7) is 0. The zero-order valence-corrected chi connectivity index (χ0v) is 11.5. The number of halogens is 2. The van der Waals surface area contributed by atoms with Crippen molar-refractivity contribution < 1.29 is 9.90 Å². The van der Waals surface area contributed by atoms with E-state index in [9.17, 15) is 4.79 Å². The maximum absolute atomic E-state index is 11.1. The van der Waals surface area contributed by atoms with Gasteiger partial charge in [-0.25, -0.2) is 4.79 Å². The summed E-state index contributed by atoms with van der Waals surface area (Å²) in [5, 5.41) is 17.6. The highest BCUT2D eigenvalue weighted by atomic mass is 35.5. The Labute approximate surface area is 123 Å². The highest BCUT2D eigenvalue weighted by molar-refractivity contribution is 6.43. The van der Waals surface area contributed by atoms with Crippen LogP contribution in [0.1, 0.15) is 10.4 Å². The number of aromatic carboxylic acids is 1. The van der Waals surface area contributed by atoms with Crippen LogP contribution in [0.15, 0.2) is 36.4 Å². The van der Waals surface area contributed by atoms with Crippen LogP contribution in [0.2, 0.25) is 10.0 Å². The molecule has 3 aromatic rings. The predicted molar refractivity (Wildman–Crippen MR) is 78.5 cm³/mol. The molecule has 2 N–H and O–H groups in total. The molecule has 0 aliphatic heterocycles. The Morgan fingerprint density at radius 1 is 1.20 bits per heavy atom. The highest BCUT2D eigenvalue weighted by Crippen LogP contribution is 2.35. The van der Waals surface area contributed by atoms with Gasteiger partial charge in [0, 0.05) is 10.9 Å². The first-order valence-electron chi connectivity index (χ1n) is 5.73. The second-order valence-corrected chi connectivity index (χ2v) is 5.02. The number of H-pyrrole nitrogens is 1. The lowest BCUT2D eigenvalue weighted by atomic mass is 10.1. The van der Waals surface area contributed by atoms with Gasteiger partial charge in [-0.1, -0.05) is 35.3 Å². The number of hydrogen-bond acceptors (Lipinski definition) is 2. The fourth-order valence-electron chi connectivity index (χ4n) is 2.04. The second kappa shape index (κ2) is 4.81. The molecule has 0 aliphatic carbocycles. The first-order chi connectivity index (χ1) is 9.58. The number of carboxylic acids is 1. The van der Waals surface area contributed by atoms with E-state index < -0.39 is 5.97 Å². The molecule has 3 rings (SSSR count). The maximum atomic E-state index is 11.1. The van der Waals surface area contributed by atoms with E-state index >= 15 is 0 Å². The fraction of sp³-hybridized carbons (Fsp3) is 0. The van der Waals surface area contributed by atoms with E-state index in [0.717, 1.165) is 5.52 Å². The number of carboxylic acid groups (broad SMARTS) is 1. The molecule has 20 heavy (non-hydrogen) atoms. The molecule has 0 atom stereocenters. The summed E-state index contributed by atoms with van der Waals surface area (Å²) in [6.07, 6.45) is 0. The minimum Gasteiger partial charge on any atom is -0.478 e. The van der Waals surface area contributed by atoms with Crippen LogP contribution in [-0.4, -0.2) is 21.3 Å². The summed E-state index contributed by atoms with van der Waals surface area (Å²) in [6, 6.07) is 10.0. The van der Waals surface area contributed by atoms with Crippen molar-refractivity contribution in [3.05, 3.63) is 52.0 Å². The van der Waals surface area contributed by atoms with Crippen LogP contribution >= 0.6 is 23.2 Å². The van der Waals surface area contributed by atoms with Gasteiger partial charge in [0.2, 0.25) is 0 Å². The van der Waals surface area contributed by atoms with E-state index in [1.54, 1.807) is 30.3 Å². The molecule has 0 spiro atoms. The lowest BCUT2D eigenvalue weighted by Gasteiger charge is -2.03. The summed E-state index contributed by atoms with van der Waals surface area (Å²) >= 11 is 12.2. The van der Waals surface area contributed by atoms with Crippen molar-refractivity contribution in [2.75, 3.05) is 0 Å². The lowest BCUT2D eigenvalue weighted by Crippen LogP contribution is -1.95. The molecular weight excluding hydrogens is 299 g/mol. The van der Waals surface area contributed by atoms with Crippen LogP contribution in [0.3, 0.4) is 0 Å². The maximum Gasteiger partial charge on any atom is 0.335 e. The minimum atomic E-state index is -0.990. The van der Waals surface area contributed by atoms with E-state index in [0.29, 0.717) is 26.7 Å². The van der Waals surface area contributed by atoms with E-state index in [-0.39, 0.29) is 5.56 Å². The van der Waals surface area contributed by atoms with Crippen molar-refractivity contribution in [2.24, 2.45) is 0 Å². The van der Waals surface area contributed by atoms with Crippen molar-refractivity contribution in [3.63, 3.8) is 0 Å². The molecule has 4 nitrogen and oxygen atoms in total. The van der Waals surface area contributed by atoms with Crippen LogP contribution in [0, 0.1) is 0 Å². The van der Waals surface area contributed by atoms with Gasteiger partial charge in [-0.05, 0) is 24.3 Å². The van der Waals surface area contributed by atoms with Crippen molar-refractivity contribution >= 4 is 40.1 Å². The quantitative estimate of drug-likeness (QED) is 0.744. The molecule has 0 bridgehead atoms. The van der Waals surface area contributed by atoms with Gasteiger partial charge in [-0.2, -0.15) is 5.10 Å². The van der Waals surface area contributed by atoms with Gasteiger partial charge in [0.15, 0.2) is 0 Å². The number of fused-ring (bicyclic) bond motifs is 1. The van der Waals surface area contributed by atoms with Crippen LogP contribution < -0.4 is 0 Å². The number of aromatic amines is 1. The molecular formula is C14H8Cl2N2O2. The third kappa shape index (κ3) is 2.03. The summed E-state index contributed by atoms with van der Waals surface area (Å²) in [5.41, 5.74) is 2.17. The summed E-state index contributed by atoms with van der Waals surface area (Å²) in [5.74, 6) is -0.990. The van der Waals surface area contributed by atoms with Gasteiger partial charge < -0.3 is 5.11 Å². The Morgan fingerprint density at radius 3 is 2.75 bits per heavy atom. The number of nitrogens with one attached hydrogen (secondary N) is 1. The van der Waals surface area contributed by atoms with Crippen molar-refractivity contribution in [1.82, 2.24) is 10.2 Å². The second-order valence-electron chi connectivity index (χ2n) is 4.24. The third-order valence-electron chi connectivity index (χ3n) is 3.02. The number of hydrogen-bond donors (Lipinski definition) is 2. The standard InChI is InChI=1S/C14H8Cl2N2O2/c15-10-3-1-2-8(12(10)16)13-9-6-7(14(19)20)4-5-11(9)17-18-13/h1-6H,(H,17,18)(H,19,20). The smallest absolute Gasteiger partial charge is 0.335 e. The van der Waals surface area contributed by atoms with E-state index in [1.165, 1.54) is 6.07 Å². The SMILES string of the molecule is O=C(O)c1ccc2[nH]nc(-c3cccc(Cl)c3Cl)c2c1. The molecule has 0 radical (unpaired) electrons. The lowest BCUT2D eigenvalue weighted by molar-refractivity contribution is 0.0697. The Hall–Kier alpha value is -2.04. The largest absolute Gasteiger partial charge is 0.478 e. The Bertz CT molecular complexity index is 827. The molecule has 6 heteroatoms. The molecule has 0 saturated heterocycles. The number of benzene rings is 2. The van der Waals surface area contributed by atoms with E-state index in [2.05, 4.69) is 10.2 Å². The number of nitrogens with zero attached hydrogens (tertiary/aromatic N) is 1. The van der Waals surface area contributed by atoms with Gasteiger partial charge in [0.1, 0.15) is 5.69 Å². The van der Waals surface area contributed by atoms with Gasteiger partial charge in [0.05, 0.1) is 21.1 Å². The van der Waals surface area contributed by atoms with Gasteiger partial charge in [0.25, 0.3) is 0 Å². The number of carbonyl (C=O) groups is 1. The molecule has 2 aromatic carbocycles. The van der Waals surface area contributed by atoms with Crippen molar-refractivity contribution in [3.8, 4) is 11.3 Å². The molecule has 1 aromatic heterocycles. The molecule has 0 amide bonds. The van der Waals surface area contributed by atoms with Crippen LogP contribution in [0.25, 0.3) is 22.2 Å². The molecule has 100 valence electrons. The van der Waals surface area contributed by atoms with E-state index in [1.807, 2.05) is 0 Å². The summed E-state index contributed by atoms with van der Waals surface area (Å²) in [7, 11) is 0. The normalized spacial score (nSPS) is 10.9. The fourth-order valence-corrected chi connectivity index (χ4v) is 2.43. The first-order valence-corrected chi connectivity index (χ1v) is 6.49. The number of rotatable bonds is 2. The van der Waals surface area contributed by atoms with Crippen LogP contribution in [0.4, 0.5) is 0 Å². The predicted octanol–water partition coefficient (Wildman–Crippen LogP) is 4.23. The summed E-state index contributed by atoms with van der Waals surface area (Å²) < 4.78 is 0. The van der Waals surface area contributed by atoms with Gasteiger partial charge >= 0.3 is 5.97 Å². The monoisotopic (exact) mass is 306 g/mol. The average molecular weight is 307 g/mol. The van der Waals surface area contributed by atoms with Crippen LogP contribution in [-0.2, 0) is 0 Å². The van der Waals surface area contributed by atoms with Gasteiger partial charge in [-0.3, -0.25) is 5.10 Å². The van der Waals surface area contributed by atoms with E-state index in [4.69, 9.17) is 28.3 Å². The zero-order chi connectivity index (χ0) is 14.3. The third-order valence-corrected chi connectivity index (χ3v) is 3.84. The Balaban J connectivity index is 2.28. The average Bonchev–Trinajstić information content (AvgIpc) is 2.84. The van der Waals surface area contributed by atoms with Crippen LogP contribution in [0.5, 0.6) is 0 Å². The zero-order valence-electron chi connectivity index (χ0n) is 10.0. The molecule has 0 unspecified atom stereocenters. The molecule has 0 aliphatic rings. The Kier molecular flexibility index (Phi) is 3.12. The minimum absolute atomic E-state index is 0.193. The highest BCUT2D eigenvalue weighted by Gasteiger charge is 2.14. The topological polar surface area (TPSA) is 66.0 Å². The molecule has 0 saturated carbocycles. The molecule has 1 heterocycles. The Morgan fingerprint density at radius 2 is 2.00 bits per heavy atom. The number of aromatic nitrogens is 2. The van der Waals surface area contributed by atoms with Crippen molar-refractivity contribution in [1.29, 1.82) is 0 Å². The first kappa shape index (κ1) is 13.0. The van der Waals surface area contributed by atoms with Gasteiger partial charge in [-0.15, -0.1) is 0 Å².